The first-order valence-corrected chi connectivity index (χ1v) is 27.6. The van der Waals surface area contributed by atoms with Gasteiger partial charge in [-0.25, -0.2) is 0 Å². The number of rotatable bonds is 11. The van der Waals surface area contributed by atoms with Gasteiger partial charge >= 0.3 is 11.9 Å². The highest BCUT2D eigenvalue weighted by molar-refractivity contribution is 5.96. The van der Waals surface area contributed by atoms with E-state index >= 15 is 0 Å². The molecule has 3 heterocycles. The number of cyclic esters (lactones) is 1. The molecule has 1 aromatic rings. The summed E-state index contributed by atoms with van der Waals surface area (Å²) in [6, 6.07) is 5.76. The largest absolute Gasteiger partial charge is 0.481 e. The van der Waals surface area contributed by atoms with Crippen LogP contribution in [0.5, 0.6) is 0 Å². The molecule has 448 valence electrons. The number of esters is 1. The van der Waals surface area contributed by atoms with Crippen LogP contribution in [0.1, 0.15) is 108 Å². The minimum Gasteiger partial charge on any atom is -0.481 e. The van der Waals surface area contributed by atoms with Gasteiger partial charge in [-0.05, 0) is 82.1 Å². The van der Waals surface area contributed by atoms with Crippen molar-refractivity contribution in [2.45, 2.75) is 201 Å². The lowest BCUT2D eigenvalue weighted by atomic mass is 9.82. The molecule has 2 bridgehead atoms. The average Bonchev–Trinajstić information content (AvgIpc) is 3.48. The first kappa shape index (κ1) is 67.7. The molecular formula is C59H88N2O19. The van der Waals surface area contributed by atoms with Crippen molar-refractivity contribution in [3.05, 3.63) is 115 Å². The van der Waals surface area contributed by atoms with Crippen LogP contribution in [0.3, 0.4) is 0 Å². The first-order valence-electron chi connectivity index (χ1n) is 27.6. The number of carbonyl (C=O) groups excluding carboxylic acids is 2. The number of benzene rings is 1. The van der Waals surface area contributed by atoms with Crippen LogP contribution in [0.4, 0.5) is 5.69 Å². The lowest BCUT2D eigenvalue weighted by molar-refractivity contribution is -0.308. The summed E-state index contributed by atoms with van der Waals surface area (Å²) in [6.45, 7) is 5.25. The fourth-order valence-corrected chi connectivity index (χ4v) is 10.2. The predicted octanol–water partition coefficient (Wildman–Crippen LogP) is 2.54. The van der Waals surface area contributed by atoms with Gasteiger partial charge in [-0.1, -0.05) is 98.9 Å². The number of carbonyl (C=O) groups is 3. The zero-order chi connectivity index (χ0) is 59.1. The van der Waals surface area contributed by atoms with Crippen LogP contribution in [0.2, 0.25) is 0 Å². The van der Waals surface area contributed by atoms with E-state index in [4.69, 9.17) is 24.7 Å². The van der Waals surface area contributed by atoms with Crippen molar-refractivity contribution in [2.75, 3.05) is 12.4 Å². The second-order valence-electron chi connectivity index (χ2n) is 21.6. The van der Waals surface area contributed by atoms with Crippen molar-refractivity contribution in [1.29, 1.82) is 0 Å². The summed E-state index contributed by atoms with van der Waals surface area (Å²) in [5.74, 6) is -7.02. The monoisotopic (exact) mass is 1130 g/mol. The van der Waals surface area contributed by atoms with Crippen LogP contribution in [0, 0.1) is 17.8 Å². The molecule has 3 aliphatic heterocycles. The van der Waals surface area contributed by atoms with Gasteiger partial charge in [0.2, 0.25) is 0 Å². The fourth-order valence-electron chi connectivity index (χ4n) is 10.2. The van der Waals surface area contributed by atoms with Crippen LogP contribution in [0.15, 0.2) is 109 Å². The van der Waals surface area contributed by atoms with Crippen molar-refractivity contribution < 1.29 is 94.6 Å². The van der Waals surface area contributed by atoms with Crippen molar-refractivity contribution in [3.63, 3.8) is 0 Å². The number of carboxylic acid groups (broad SMARTS) is 1. The molecule has 2 saturated heterocycles. The number of ketones is 1. The number of nitrogens with two attached hydrogens (primary N) is 1. The minimum atomic E-state index is -2.33. The van der Waals surface area contributed by atoms with Gasteiger partial charge in [0.1, 0.15) is 18.1 Å². The number of anilines is 1. The third-order valence-electron chi connectivity index (χ3n) is 14.5. The van der Waals surface area contributed by atoms with Gasteiger partial charge in [-0.2, -0.15) is 0 Å². The van der Waals surface area contributed by atoms with Gasteiger partial charge in [0.05, 0.1) is 85.7 Å². The molecule has 20 unspecified atom stereocenters. The molecule has 0 aromatic heterocycles. The summed E-state index contributed by atoms with van der Waals surface area (Å²) in [5.41, 5.74) is 7.36. The van der Waals surface area contributed by atoms with Crippen molar-refractivity contribution in [2.24, 2.45) is 23.5 Å². The second kappa shape index (κ2) is 34.0. The highest BCUT2D eigenvalue weighted by Gasteiger charge is 2.51. The van der Waals surface area contributed by atoms with Gasteiger partial charge < -0.3 is 91.3 Å². The predicted molar refractivity (Wildman–Crippen MR) is 296 cm³/mol. The summed E-state index contributed by atoms with van der Waals surface area (Å²) < 4.78 is 23.7. The van der Waals surface area contributed by atoms with E-state index in [2.05, 4.69) is 5.32 Å². The lowest BCUT2D eigenvalue weighted by Gasteiger charge is -2.45. The number of aliphatic hydroxyl groups excluding tert-OH is 10. The minimum absolute atomic E-state index is 0.0974. The maximum Gasteiger partial charge on any atom is 0.311 e. The van der Waals surface area contributed by atoms with Gasteiger partial charge in [0, 0.05) is 49.9 Å². The highest BCUT2D eigenvalue weighted by atomic mass is 16.7. The molecule has 20 atom stereocenters. The molecule has 15 N–H and O–H groups in total. The van der Waals surface area contributed by atoms with E-state index in [1.807, 2.05) is 19.9 Å². The zero-order valence-corrected chi connectivity index (χ0v) is 46.1. The third kappa shape index (κ3) is 23.2. The molecule has 3 aliphatic rings. The fraction of sp³-hybridized carbons (Fsp3) is 0.610. The highest BCUT2D eigenvalue weighted by Crippen LogP contribution is 2.38. The summed E-state index contributed by atoms with van der Waals surface area (Å²) >= 11 is 0. The number of aliphatic carboxylic acids is 1. The molecule has 4 rings (SSSR count). The smallest absolute Gasteiger partial charge is 0.311 e. The summed E-state index contributed by atoms with van der Waals surface area (Å²) in [6.07, 6.45) is 1.59. The summed E-state index contributed by atoms with van der Waals surface area (Å²) in [4.78, 5) is 38.8. The van der Waals surface area contributed by atoms with E-state index in [0.29, 0.717) is 12.0 Å². The maximum absolute atomic E-state index is 13.4. The molecule has 0 spiro atoms. The molecule has 21 heteroatoms. The molecule has 0 amide bonds. The Labute approximate surface area is 468 Å². The standard InChI is InChI=1S/C59H88N2O19/c1-35-17-15-13-11-9-7-5-6-8-10-12-14-16-18-47(78-58-55(73)53(60)54(72)37(3)77-58)32-50-52(57(74)75)49(70)34-59(76,80-50)33-46(68)29-44(66)27-42(64)25-41(63)26-43(65)28-45(67)31-51(71)79-56(35)36(2)19-24-40(62)30-48(69)38-20-22-39(61-4)23-21-38/h5-18,20-23,35-37,40-47,49-50,52-56,58,61-68,70,72-73,76H,19,24-34,60H2,1-4H3,(H,74,75)/b6-5+,9-7+,10-8+,13-11-,14-12+,17-15-,18-16+. The third-order valence-corrected chi connectivity index (χ3v) is 14.5. The van der Waals surface area contributed by atoms with Gasteiger partial charge in [-0.3, -0.25) is 14.4 Å². The van der Waals surface area contributed by atoms with Crippen LogP contribution >= 0.6 is 0 Å². The van der Waals surface area contributed by atoms with Crippen molar-refractivity contribution >= 4 is 23.4 Å². The number of carboxylic acids is 1. The second-order valence-corrected chi connectivity index (χ2v) is 21.6. The number of ether oxygens (including phenoxy) is 4. The summed E-state index contributed by atoms with van der Waals surface area (Å²) in [7, 11) is 1.77. The zero-order valence-electron chi connectivity index (χ0n) is 46.1. The number of hydrogen-bond donors (Lipinski definition) is 14. The Morgan fingerprint density at radius 1 is 0.713 bits per heavy atom. The van der Waals surface area contributed by atoms with Gasteiger partial charge in [-0.15, -0.1) is 0 Å². The number of fused-ring (bicyclic) bond motifs is 2. The van der Waals surface area contributed by atoms with Gasteiger partial charge in [0.25, 0.3) is 0 Å². The molecule has 2 fully saturated rings. The van der Waals surface area contributed by atoms with Crippen LogP contribution < -0.4 is 11.1 Å². The summed E-state index contributed by atoms with van der Waals surface area (Å²) in [5, 5.41) is 133. The average molecular weight is 1130 g/mol. The quantitative estimate of drug-likeness (QED) is 0.112. The Morgan fingerprint density at radius 3 is 1.76 bits per heavy atom. The normalized spacial score (nSPS) is 39.0. The Hall–Kier alpha value is -4.79. The van der Waals surface area contributed by atoms with E-state index in [9.17, 15) is 75.7 Å². The maximum atomic E-state index is 13.4. The number of hydrogen-bond acceptors (Lipinski definition) is 20. The lowest BCUT2D eigenvalue weighted by Crippen LogP contribution is -2.61. The Morgan fingerprint density at radius 2 is 1.23 bits per heavy atom. The Bertz CT molecular complexity index is 2250. The molecule has 0 radical (unpaired) electrons. The van der Waals surface area contributed by atoms with Gasteiger partial charge in [0.15, 0.2) is 17.9 Å². The van der Waals surface area contributed by atoms with Crippen LogP contribution in [0.25, 0.3) is 0 Å². The topological polar surface area (TPSA) is 369 Å². The molecule has 0 saturated carbocycles. The van der Waals surface area contributed by atoms with E-state index in [0.717, 1.165) is 5.69 Å². The Kier molecular flexibility index (Phi) is 28.8. The Balaban J connectivity index is 1.53. The molecule has 21 nitrogen and oxygen atoms in total. The number of nitrogens with one attached hydrogen (secondary N) is 1. The van der Waals surface area contributed by atoms with E-state index in [-0.39, 0.29) is 62.6 Å². The van der Waals surface area contributed by atoms with E-state index in [1.165, 1.54) is 13.0 Å². The van der Waals surface area contributed by atoms with Crippen LogP contribution in [-0.2, 0) is 28.5 Å². The van der Waals surface area contributed by atoms with Crippen molar-refractivity contribution in [3.8, 4) is 0 Å². The number of allylic oxidation sites excluding steroid dienone is 12. The van der Waals surface area contributed by atoms with Crippen molar-refractivity contribution in [1.82, 2.24) is 0 Å². The molecular weight excluding hydrogens is 1040 g/mol. The van der Waals surface area contributed by atoms with E-state index in [1.54, 1.807) is 104 Å². The van der Waals surface area contributed by atoms with E-state index < -0.39 is 147 Å². The molecule has 80 heavy (non-hydrogen) atoms. The molecule has 0 aliphatic carbocycles. The first-order chi connectivity index (χ1) is 37.9. The number of Topliss-reactive ketones (excluding diaryl/α,β-unsaturated/α-hetero) is 1. The van der Waals surface area contributed by atoms with Crippen LogP contribution in [-0.4, -0.2) is 190 Å². The molecule has 1 aromatic carbocycles. The number of aliphatic hydroxyl groups is 11. The SMILES string of the molecule is CNc1ccc(C(=O)CC(O)CCC(C)C2OC(=O)CC(O)CC(O)CC(O)CC(O)CC(O)CC(O)CC3(O)CC(O)C(C(=O)O)C(CC(OC4OC(C)C(O)C(N)C4O)/C=C/C=C/C=C/C=C/C=C/C=C\C=C/C2C)O3)cc1.